The first-order chi connectivity index (χ1) is 11.0. The highest BCUT2D eigenvalue weighted by Gasteiger charge is 2.34. The van der Waals surface area contributed by atoms with Crippen molar-refractivity contribution in [2.45, 2.75) is 31.1 Å². The summed E-state index contributed by atoms with van der Waals surface area (Å²) in [7, 11) is -3.58. The van der Waals surface area contributed by atoms with Crippen molar-refractivity contribution in [1.82, 2.24) is 10.2 Å². The number of benzene rings is 1. The number of nitrogens with zero attached hydrogens (tertiary/aromatic N) is 2. The molecule has 124 valence electrons. The lowest BCUT2D eigenvalue weighted by atomic mass is 9.95. The first-order valence-electron chi connectivity index (χ1n) is 8.00. The van der Waals surface area contributed by atoms with Crippen LogP contribution < -0.4 is 5.32 Å². The summed E-state index contributed by atoms with van der Waals surface area (Å²) in [6.07, 6.45) is 2.36. The molecule has 1 saturated heterocycles. The largest absolute Gasteiger partial charge is 0.356 e. The predicted molar refractivity (Wildman–Crippen MR) is 87.8 cm³/mol. The molecule has 3 rings (SSSR count). The molecule has 0 aliphatic carbocycles. The summed E-state index contributed by atoms with van der Waals surface area (Å²) in [5, 5.41) is 2.93. The Bertz CT molecular complexity index is 735. The SMILES string of the molecule is CCCNC(=O)C1CCN(C2=NS(=O)(=O)c3ccccc32)CC1. The van der Waals surface area contributed by atoms with Crippen molar-refractivity contribution < 1.29 is 13.2 Å². The van der Waals surface area contributed by atoms with Crippen LogP contribution in [-0.2, 0) is 14.8 Å². The highest BCUT2D eigenvalue weighted by Crippen LogP contribution is 2.29. The molecule has 0 spiro atoms. The van der Waals surface area contributed by atoms with Gasteiger partial charge in [0.05, 0.1) is 0 Å². The first-order valence-corrected chi connectivity index (χ1v) is 9.44. The van der Waals surface area contributed by atoms with Gasteiger partial charge >= 0.3 is 0 Å². The molecule has 1 N–H and O–H groups in total. The summed E-state index contributed by atoms with van der Waals surface area (Å²) in [4.78, 5) is 14.3. The fourth-order valence-electron chi connectivity index (χ4n) is 3.06. The molecule has 2 aliphatic heterocycles. The van der Waals surface area contributed by atoms with Crippen LogP contribution in [0.5, 0.6) is 0 Å². The molecule has 1 fully saturated rings. The summed E-state index contributed by atoms with van der Waals surface area (Å²) in [5.74, 6) is 0.632. The van der Waals surface area contributed by atoms with E-state index in [2.05, 4.69) is 9.71 Å². The zero-order chi connectivity index (χ0) is 16.4. The number of piperidine rings is 1. The Morgan fingerprint density at radius 1 is 1.30 bits per heavy atom. The van der Waals surface area contributed by atoms with Crippen LogP contribution in [0.4, 0.5) is 0 Å². The maximum atomic E-state index is 12.1. The Morgan fingerprint density at radius 3 is 2.70 bits per heavy atom. The van der Waals surface area contributed by atoms with Gasteiger partial charge in [-0.3, -0.25) is 4.79 Å². The summed E-state index contributed by atoms with van der Waals surface area (Å²) < 4.78 is 28.2. The van der Waals surface area contributed by atoms with Crippen molar-refractivity contribution in [2.75, 3.05) is 19.6 Å². The van der Waals surface area contributed by atoms with Crippen LogP contribution in [0, 0.1) is 5.92 Å². The van der Waals surface area contributed by atoms with Crippen LogP contribution in [0.3, 0.4) is 0 Å². The number of amidine groups is 1. The molecular weight excluding hydrogens is 314 g/mol. The van der Waals surface area contributed by atoms with Crippen molar-refractivity contribution in [3.05, 3.63) is 29.8 Å². The molecule has 23 heavy (non-hydrogen) atoms. The van der Waals surface area contributed by atoms with E-state index in [4.69, 9.17) is 0 Å². The third kappa shape index (κ3) is 3.10. The van der Waals surface area contributed by atoms with Crippen LogP contribution in [0.15, 0.2) is 33.6 Å². The van der Waals surface area contributed by atoms with Crippen molar-refractivity contribution in [3.63, 3.8) is 0 Å². The Morgan fingerprint density at radius 2 is 2.00 bits per heavy atom. The zero-order valence-electron chi connectivity index (χ0n) is 13.2. The van der Waals surface area contributed by atoms with Gasteiger partial charge in [0.15, 0.2) is 5.84 Å². The van der Waals surface area contributed by atoms with E-state index >= 15 is 0 Å². The molecule has 0 saturated carbocycles. The first kappa shape index (κ1) is 16.0. The number of carbonyl (C=O) groups is 1. The van der Waals surface area contributed by atoms with E-state index in [9.17, 15) is 13.2 Å². The monoisotopic (exact) mass is 335 g/mol. The number of likely N-dealkylation sites (tertiary alicyclic amines) is 1. The van der Waals surface area contributed by atoms with Crippen molar-refractivity contribution in [2.24, 2.45) is 10.3 Å². The van der Waals surface area contributed by atoms with Crippen LogP contribution in [0.2, 0.25) is 0 Å². The lowest BCUT2D eigenvalue weighted by Gasteiger charge is -2.32. The van der Waals surface area contributed by atoms with Crippen LogP contribution in [0.25, 0.3) is 0 Å². The molecular formula is C16H21N3O3S. The second-order valence-corrected chi connectivity index (χ2v) is 7.51. The minimum Gasteiger partial charge on any atom is -0.356 e. The average Bonchev–Trinajstić information content (AvgIpc) is 2.85. The smallest absolute Gasteiger partial charge is 0.285 e. The number of hydrogen-bond donors (Lipinski definition) is 1. The van der Waals surface area contributed by atoms with E-state index in [1.54, 1.807) is 18.2 Å². The molecule has 1 aromatic carbocycles. The van der Waals surface area contributed by atoms with Gasteiger partial charge in [0.1, 0.15) is 4.90 Å². The van der Waals surface area contributed by atoms with Crippen molar-refractivity contribution >= 4 is 21.8 Å². The van der Waals surface area contributed by atoms with Gasteiger partial charge in [0.25, 0.3) is 10.0 Å². The maximum Gasteiger partial charge on any atom is 0.285 e. The number of sulfonamides is 1. The molecule has 0 radical (unpaired) electrons. The van der Waals surface area contributed by atoms with Crippen LogP contribution in [-0.4, -0.2) is 44.7 Å². The average molecular weight is 335 g/mol. The van der Waals surface area contributed by atoms with E-state index in [1.807, 2.05) is 17.9 Å². The standard InChI is InChI=1S/C16H21N3O3S/c1-2-9-17-16(20)12-7-10-19(11-8-12)15-13-5-3-4-6-14(13)23(21,22)18-15/h3-6,12H,2,7-11H2,1H3,(H,17,20). The minimum atomic E-state index is -3.58. The third-order valence-corrected chi connectivity index (χ3v) is 5.65. The number of carbonyl (C=O) groups excluding carboxylic acids is 1. The number of rotatable bonds is 3. The molecule has 6 nitrogen and oxygen atoms in total. The van der Waals surface area contributed by atoms with Gasteiger partial charge in [0.2, 0.25) is 5.91 Å². The van der Waals surface area contributed by atoms with Gasteiger partial charge in [-0.05, 0) is 31.4 Å². The highest BCUT2D eigenvalue weighted by molar-refractivity contribution is 7.90. The summed E-state index contributed by atoms with van der Waals surface area (Å²) in [6.45, 7) is 4.02. The quantitative estimate of drug-likeness (QED) is 0.905. The van der Waals surface area contributed by atoms with Crippen molar-refractivity contribution in [1.29, 1.82) is 0 Å². The second kappa shape index (κ2) is 6.31. The summed E-state index contributed by atoms with van der Waals surface area (Å²) in [5.41, 5.74) is 0.668. The van der Waals surface area contributed by atoms with E-state index in [0.717, 1.165) is 19.3 Å². The lowest BCUT2D eigenvalue weighted by molar-refractivity contribution is -0.126. The number of fused-ring (bicyclic) bond motifs is 1. The van der Waals surface area contributed by atoms with Gasteiger partial charge in [-0.1, -0.05) is 19.1 Å². The van der Waals surface area contributed by atoms with Crippen LogP contribution >= 0.6 is 0 Å². The third-order valence-electron chi connectivity index (χ3n) is 4.33. The minimum absolute atomic E-state index is 0.00616. The molecule has 0 bridgehead atoms. The fraction of sp³-hybridized carbons (Fsp3) is 0.500. The number of hydrogen-bond acceptors (Lipinski definition) is 4. The summed E-state index contributed by atoms with van der Waals surface area (Å²) >= 11 is 0. The molecule has 0 aromatic heterocycles. The molecule has 1 aromatic rings. The molecule has 0 unspecified atom stereocenters. The Hall–Kier alpha value is -1.89. The number of nitrogens with one attached hydrogen (secondary N) is 1. The summed E-state index contributed by atoms with van der Waals surface area (Å²) in [6, 6.07) is 6.91. The normalized spacial score (nSPS) is 20.0. The van der Waals surface area contributed by atoms with Gasteiger partial charge in [0, 0.05) is 31.1 Å². The van der Waals surface area contributed by atoms with Gasteiger partial charge in [-0.2, -0.15) is 8.42 Å². The molecule has 0 atom stereocenters. The van der Waals surface area contributed by atoms with Crippen molar-refractivity contribution in [3.8, 4) is 0 Å². The van der Waals surface area contributed by atoms with E-state index in [0.29, 0.717) is 31.0 Å². The Balaban J connectivity index is 1.71. The maximum absolute atomic E-state index is 12.1. The second-order valence-electron chi connectivity index (χ2n) is 5.94. The van der Waals surface area contributed by atoms with E-state index < -0.39 is 10.0 Å². The predicted octanol–water partition coefficient (Wildman–Crippen LogP) is 1.37. The van der Waals surface area contributed by atoms with E-state index in [1.165, 1.54) is 0 Å². The number of amides is 1. The van der Waals surface area contributed by atoms with Gasteiger partial charge < -0.3 is 10.2 Å². The van der Waals surface area contributed by atoms with Crippen LogP contribution in [0.1, 0.15) is 31.7 Å². The lowest BCUT2D eigenvalue weighted by Crippen LogP contribution is -2.43. The molecule has 1 amide bonds. The molecule has 2 aliphatic rings. The highest BCUT2D eigenvalue weighted by atomic mass is 32.2. The van der Waals surface area contributed by atoms with Gasteiger partial charge in [-0.15, -0.1) is 4.40 Å². The molecule has 2 heterocycles. The molecule has 7 heteroatoms. The van der Waals surface area contributed by atoms with Gasteiger partial charge in [-0.25, -0.2) is 0 Å². The fourth-order valence-corrected chi connectivity index (χ4v) is 4.29. The zero-order valence-corrected chi connectivity index (χ0v) is 14.0. The Labute approximate surface area is 136 Å². The van der Waals surface area contributed by atoms with E-state index in [-0.39, 0.29) is 16.7 Å². The Kier molecular flexibility index (Phi) is 4.39. The topological polar surface area (TPSA) is 78.8 Å².